The number of nitrogens with zero attached hydrogens (tertiary/aromatic N) is 1. The molecule has 0 aromatic heterocycles. The van der Waals surface area contributed by atoms with Gasteiger partial charge in [-0.05, 0) is 67.2 Å². The predicted molar refractivity (Wildman–Crippen MR) is 111 cm³/mol. The Morgan fingerprint density at radius 1 is 1.00 bits per heavy atom. The van der Waals surface area contributed by atoms with Gasteiger partial charge >= 0.3 is 0 Å². The fourth-order valence-corrected chi connectivity index (χ4v) is 4.01. The van der Waals surface area contributed by atoms with Gasteiger partial charge in [-0.25, -0.2) is 8.42 Å². The molecule has 150 valence electrons. The second kappa shape index (κ2) is 8.88. The molecule has 0 atom stereocenters. The number of benzene rings is 2. The maximum atomic E-state index is 12.3. The third-order valence-corrected chi connectivity index (χ3v) is 6.43. The number of amides is 1. The Hall–Kier alpha value is -2.18. The van der Waals surface area contributed by atoms with Gasteiger partial charge in [0.25, 0.3) is 5.91 Å². The molecule has 28 heavy (non-hydrogen) atoms. The lowest BCUT2D eigenvalue weighted by Crippen LogP contribution is -2.32. The monoisotopic (exact) mass is 400 g/mol. The van der Waals surface area contributed by atoms with Crippen LogP contribution >= 0.6 is 0 Å². The number of likely N-dealkylation sites (tertiary alicyclic amines) is 1. The number of piperidine rings is 1. The van der Waals surface area contributed by atoms with Gasteiger partial charge in [0.1, 0.15) is 0 Å². The lowest BCUT2D eigenvalue weighted by Gasteiger charge is -2.30. The number of carbonyl (C=O) groups excluding carboxylic acids is 1. The van der Waals surface area contributed by atoms with Crippen LogP contribution in [0.3, 0.4) is 0 Å². The Labute approximate surface area is 167 Å². The van der Waals surface area contributed by atoms with Crippen LogP contribution in [0.15, 0.2) is 53.4 Å². The average molecular weight is 401 g/mol. The van der Waals surface area contributed by atoms with Crippen LogP contribution in [0.5, 0.6) is 0 Å². The number of nitrogens with one attached hydrogen (secondary N) is 1. The standard InChI is InChI=1S/C22H28N2O3S/c1-17-11-13-24(14-12-17)16-19-5-3-18(4-6-19)15-23-22(25)20-7-9-21(10-8-20)28(2,26)27/h3-10,17H,11-16H2,1-2H3,(H,23,25). The summed E-state index contributed by atoms with van der Waals surface area (Å²) in [5.41, 5.74) is 2.78. The summed E-state index contributed by atoms with van der Waals surface area (Å²) in [6, 6.07) is 14.3. The fourth-order valence-electron chi connectivity index (χ4n) is 3.38. The van der Waals surface area contributed by atoms with Gasteiger partial charge in [0.2, 0.25) is 0 Å². The van der Waals surface area contributed by atoms with Gasteiger partial charge in [0, 0.05) is 24.9 Å². The highest BCUT2D eigenvalue weighted by Gasteiger charge is 2.15. The van der Waals surface area contributed by atoms with Gasteiger partial charge in [0.15, 0.2) is 9.84 Å². The molecule has 6 heteroatoms. The summed E-state index contributed by atoms with van der Waals surface area (Å²) >= 11 is 0. The van der Waals surface area contributed by atoms with Gasteiger partial charge in [-0.3, -0.25) is 9.69 Å². The van der Waals surface area contributed by atoms with E-state index in [1.165, 1.54) is 42.7 Å². The quantitative estimate of drug-likeness (QED) is 0.808. The lowest BCUT2D eigenvalue weighted by atomic mass is 9.99. The van der Waals surface area contributed by atoms with Crippen LogP contribution in [0.25, 0.3) is 0 Å². The van der Waals surface area contributed by atoms with E-state index in [0.717, 1.165) is 37.4 Å². The van der Waals surface area contributed by atoms with Crippen LogP contribution in [0, 0.1) is 5.92 Å². The molecule has 5 nitrogen and oxygen atoms in total. The zero-order chi connectivity index (χ0) is 20.1. The molecule has 0 bridgehead atoms. The van der Waals surface area contributed by atoms with Crippen molar-refractivity contribution in [3.05, 3.63) is 65.2 Å². The van der Waals surface area contributed by atoms with Crippen molar-refractivity contribution in [3.63, 3.8) is 0 Å². The minimum absolute atomic E-state index is 0.211. The molecule has 1 aliphatic rings. The number of hydrogen-bond acceptors (Lipinski definition) is 4. The van der Waals surface area contributed by atoms with E-state index < -0.39 is 9.84 Å². The second-order valence-electron chi connectivity index (χ2n) is 7.75. The Kier molecular flexibility index (Phi) is 6.52. The molecule has 1 aliphatic heterocycles. The summed E-state index contributed by atoms with van der Waals surface area (Å²) in [5.74, 6) is 0.622. The van der Waals surface area contributed by atoms with Gasteiger partial charge < -0.3 is 5.32 Å². The van der Waals surface area contributed by atoms with E-state index in [4.69, 9.17) is 0 Å². The van der Waals surface area contributed by atoms with E-state index in [1.54, 1.807) is 0 Å². The molecule has 2 aromatic rings. The van der Waals surface area contributed by atoms with Crippen molar-refractivity contribution in [1.29, 1.82) is 0 Å². The first-order valence-electron chi connectivity index (χ1n) is 9.70. The van der Waals surface area contributed by atoms with Gasteiger partial charge in [0.05, 0.1) is 4.90 Å². The summed E-state index contributed by atoms with van der Waals surface area (Å²) in [5, 5.41) is 2.88. The molecular formula is C22H28N2O3S. The van der Waals surface area contributed by atoms with Crippen LogP contribution in [-0.4, -0.2) is 38.6 Å². The lowest BCUT2D eigenvalue weighted by molar-refractivity contribution is 0.0951. The van der Waals surface area contributed by atoms with Crippen LogP contribution in [-0.2, 0) is 22.9 Å². The average Bonchev–Trinajstić information content (AvgIpc) is 2.68. The van der Waals surface area contributed by atoms with Gasteiger partial charge in [-0.1, -0.05) is 31.2 Å². The van der Waals surface area contributed by atoms with Crippen molar-refractivity contribution in [3.8, 4) is 0 Å². The molecule has 1 amide bonds. The molecule has 0 unspecified atom stereocenters. The normalized spacial score (nSPS) is 16.1. The number of rotatable bonds is 6. The molecular weight excluding hydrogens is 372 g/mol. The van der Waals surface area contributed by atoms with E-state index in [-0.39, 0.29) is 10.8 Å². The van der Waals surface area contributed by atoms with Crippen molar-refractivity contribution >= 4 is 15.7 Å². The Balaban J connectivity index is 1.51. The van der Waals surface area contributed by atoms with Crippen molar-refractivity contribution < 1.29 is 13.2 Å². The van der Waals surface area contributed by atoms with Gasteiger partial charge in [-0.15, -0.1) is 0 Å². The van der Waals surface area contributed by atoms with E-state index in [2.05, 4.69) is 41.4 Å². The minimum Gasteiger partial charge on any atom is -0.348 e. The van der Waals surface area contributed by atoms with E-state index in [0.29, 0.717) is 12.1 Å². The van der Waals surface area contributed by atoms with Crippen molar-refractivity contribution in [2.45, 2.75) is 37.8 Å². The maximum absolute atomic E-state index is 12.3. The number of carbonyl (C=O) groups is 1. The van der Waals surface area contributed by atoms with Crippen LogP contribution < -0.4 is 5.32 Å². The first kappa shape index (κ1) is 20.6. The van der Waals surface area contributed by atoms with Gasteiger partial charge in [-0.2, -0.15) is 0 Å². The Bertz CT molecular complexity index is 898. The molecule has 0 spiro atoms. The zero-order valence-corrected chi connectivity index (χ0v) is 17.3. The van der Waals surface area contributed by atoms with Crippen LogP contribution in [0.2, 0.25) is 0 Å². The highest BCUT2D eigenvalue weighted by molar-refractivity contribution is 7.90. The zero-order valence-electron chi connectivity index (χ0n) is 16.5. The number of hydrogen-bond donors (Lipinski definition) is 1. The first-order chi connectivity index (χ1) is 13.3. The summed E-state index contributed by atoms with van der Waals surface area (Å²) in [7, 11) is -3.25. The van der Waals surface area contributed by atoms with Crippen molar-refractivity contribution in [2.75, 3.05) is 19.3 Å². The SMILES string of the molecule is CC1CCN(Cc2ccc(CNC(=O)c3ccc(S(C)(=O)=O)cc3)cc2)CC1. The number of sulfone groups is 1. The van der Waals surface area contributed by atoms with E-state index in [1.807, 2.05) is 0 Å². The van der Waals surface area contributed by atoms with Crippen LogP contribution in [0.4, 0.5) is 0 Å². The summed E-state index contributed by atoms with van der Waals surface area (Å²) in [4.78, 5) is 15.0. The molecule has 1 N–H and O–H groups in total. The maximum Gasteiger partial charge on any atom is 0.251 e. The van der Waals surface area contributed by atoms with Crippen LogP contribution in [0.1, 0.15) is 41.3 Å². The largest absolute Gasteiger partial charge is 0.348 e. The molecule has 0 saturated carbocycles. The molecule has 0 radical (unpaired) electrons. The molecule has 3 rings (SSSR count). The first-order valence-corrected chi connectivity index (χ1v) is 11.6. The molecule has 2 aromatic carbocycles. The second-order valence-corrected chi connectivity index (χ2v) is 9.77. The Morgan fingerprint density at radius 2 is 1.57 bits per heavy atom. The third kappa shape index (κ3) is 5.66. The summed E-state index contributed by atoms with van der Waals surface area (Å²) < 4.78 is 23.0. The fraction of sp³-hybridized carbons (Fsp3) is 0.409. The predicted octanol–water partition coefficient (Wildman–Crippen LogP) is 3.25. The summed E-state index contributed by atoms with van der Waals surface area (Å²) in [6.07, 6.45) is 3.70. The highest BCUT2D eigenvalue weighted by atomic mass is 32.2. The molecule has 0 aliphatic carbocycles. The summed E-state index contributed by atoms with van der Waals surface area (Å²) in [6.45, 7) is 6.06. The van der Waals surface area contributed by atoms with Crippen molar-refractivity contribution in [2.24, 2.45) is 5.92 Å². The topological polar surface area (TPSA) is 66.5 Å². The Morgan fingerprint density at radius 3 is 2.14 bits per heavy atom. The van der Waals surface area contributed by atoms with Crippen molar-refractivity contribution in [1.82, 2.24) is 10.2 Å². The molecule has 1 fully saturated rings. The third-order valence-electron chi connectivity index (χ3n) is 5.30. The molecule has 1 heterocycles. The smallest absolute Gasteiger partial charge is 0.251 e. The van der Waals surface area contributed by atoms with E-state index >= 15 is 0 Å². The molecule has 1 saturated heterocycles. The highest BCUT2D eigenvalue weighted by Crippen LogP contribution is 2.18. The van der Waals surface area contributed by atoms with E-state index in [9.17, 15) is 13.2 Å². The minimum atomic E-state index is -3.25.